The molecule has 0 atom stereocenters. The van der Waals surface area contributed by atoms with E-state index < -0.39 is 5.60 Å². The van der Waals surface area contributed by atoms with Gasteiger partial charge in [0, 0.05) is 55.5 Å². The van der Waals surface area contributed by atoms with Crippen LogP contribution < -0.4 is 10.1 Å². The van der Waals surface area contributed by atoms with Crippen molar-refractivity contribution in [1.82, 2.24) is 25.5 Å². The number of aryl methyl sites for hydroxylation is 1. The Hall–Kier alpha value is -3.20. The molecule has 1 aromatic carbocycles. The van der Waals surface area contributed by atoms with Gasteiger partial charge in [-0.05, 0) is 61.7 Å². The number of H-pyrrole nitrogens is 2. The highest BCUT2D eigenvalue weighted by Gasteiger charge is 2.24. The number of fused-ring (bicyclic) bond motifs is 1. The third-order valence-electron chi connectivity index (χ3n) is 5.78. The molecule has 0 unspecified atom stereocenters. The number of hydrogen-bond acceptors (Lipinski definition) is 6. The normalized spacial score (nSPS) is 11.9. The van der Waals surface area contributed by atoms with Crippen molar-refractivity contribution < 1.29 is 14.6 Å². The van der Waals surface area contributed by atoms with Crippen LogP contribution in [0.5, 0.6) is 5.75 Å². The summed E-state index contributed by atoms with van der Waals surface area (Å²) in [5.41, 5.74) is 6.08. The molecule has 3 aromatic heterocycles. The maximum absolute atomic E-state index is 10.7. The van der Waals surface area contributed by atoms with E-state index in [1.165, 1.54) is 0 Å². The molecule has 0 amide bonds. The Morgan fingerprint density at radius 1 is 1.06 bits per heavy atom. The standard InChI is InChI=1S/C26H33N5O3/c1-17-22(19-14-29-30-15-19)16-28-25-23(17)21(13-26(2,3)32)24(31-25)18-5-7-20(8-6-18)34-12-10-27-9-11-33-4/h5-8,14-16,27,32H,9-13H2,1-4H3,(H,28,31)(H,29,30). The van der Waals surface area contributed by atoms with Gasteiger partial charge >= 0.3 is 0 Å². The zero-order valence-electron chi connectivity index (χ0n) is 20.2. The largest absolute Gasteiger partial charge is 0.492 e. The molecule has 8 heteroatoms. The van der Waals surface area contributed by atoms with Crippen LogP contribution in [-0.4, -0.2) is 64.3 Å². The highest BCUT2D eigenvalue weighted by molar-refractivity contribution is 5.94. The number of aromatic nitrogens is 4. The van der Waals surface area contributed by atoms with E-state index in [1.807, 2.05) is 50.5 Å². The molecule has 0 radical (unpaired) electrons. The van der Waals surface area contributed by atoms with E-state index in [4.69, 9.17) is 14.5 Å². The molecule has 34 heavy (non-hydrogen) atoms. The number of aliphatic hydroxyl groups is 1. The zero-order chi connectivity index (χ0) is 24.1. The second-order valence-corrected chi connectivity index (χ2v) is 9.09. The van der Waals surface area contributed by atoms with Crippen molar-refractivity contribution in [3.8, 4) is 28.1 Å². The Morgan fingerprint density at radius 3 is 2.50 bits per heavy atom. The predicted molar refractivity (Wildman–Crippen MR) is 134 cm³/mol. The first-order valence-corrected chi connectivity index (χ1v) is 11.5. The Bertz CT molecular complexity index is 1210. The number of nitrogens with one attached hydrogen (secondary N) is 3. The van der Waals surface area contributed by atoms with E-state index in [-0.39, 0.29) is 0 Å². The fraction of sp³-hybridized carbons (Fsp3) is 0.385. The van der Waals surface area contributed by atoms with Gasteiger partial charge in [-0.1, -0.05) is 0 Å². The van der Waals surface area contributed by atoms with Crippen molar-refractivity contribution in [3.05, 3.63) is 54.0 Å². The van der Waals surface area contributed by atoms with Crippen LogP contribution in [0.25, 0.3) is 33.4 Å². The molecule has 0 aliphatic carbocycles. The number of ether oxygens (including phenoxy) is 2. The number of benzene rings is 1. The van der Waals surface area contributed by atoms with E-state index in [1.54, 1.807) is 13.3 Å². The van der Waals surface area contributed by atoms with Gasteiger partial charge in [0.15, 0.2) is 0 Å². The third-order valence-corrected chi connectivity index (χ3v) is 5.78. The summed E-state index contributed by atoms with van der Waals surface area (Å²) in [5, 5.41) is 22.0. The minimum absolute atomic E-state index is 0.491. The maximum atomic E-state index is 10.7. The molecular formula is C26H33N5O3. The first kappa shape index (κ1) is 23.9. The molecular weight excluding hydrogens is 430 g/mol. The molecule has 0 spiro atoms. The fourth-order valence-corrected chi connectivity index (χ4v) is 4.19. The first-order valence-electron chi connectivity index (χ1n) is 11.5. The molecule has 0 aliphatic heterocycles. The van der Waals surface area contributed by atoms with Crippen LogP contribution >= 0.6 is 0 Å². The van der Waals surface area contributed by atoms with Gasteiger partial charge in [0.2, 0.25) is 0 Å². The summed E-state index contributed by atoms with van der Waals surface area (Å²) >= 11 is 0. The van der Waals surface area contributed by atoms with Gasteiger partial charge in [0.25, 0.3) is 0 Å². The highest BCUT2D eigenvalue weighted by Crippen LogP contribution is 2.37. The number of hydrogen-bond donors (Lipinski definition) is 4. The summed E-state index contributed by atoms with van der Waals surface area (Å²) in [4.78, 5) is 8.20. The lowest BCUT2D eigenvalue weighted by molar-refractivity contribution is 0.0814. The van der Waals surface area contributed by atoms with Crippen LogP contribution in [0.15, 0.2) is 42.9 Å². The number of methoxy groups -OCH3 is 1. The number of nitrogens with zero attached hydrogens (tertiary/aromatic N) is 2. The summed E-state index contributed by atoms with van der Waals surface area (Å²) < 4.78 is 10.9. The van der Waals surface area contributed by atoms with Gasteiger partial charge in [-0.3, -0.25) is 5.10 Å². The molecule has 0 fully saturated rings. The lowest BCUT2D eigenvalue weighted by Crippen LogP contribution is -2.24. The van der Waals surface area contributed by atoms with E-state index in [0.29, 0.717) is 19.6 Å². The quantitative estimate of drug-likeness (QED) is 0.252. The van der Waals surface area contributed by atoms with Gasteiger partial charge in [-0.25, -0.2) is 4.98 Å². The topological polar surface area (TPSA) is 108 Å². The molecule has 4 aromatic rings. The van der Waals surface area contributed by atoms with Gasteiger partial charge in [-0.15, -0.1) is 0 Å². The van der Waals surface area contributed by atoms with Crippen molar-refractivity contribution >= 4 is 11.0 Å². The second-order valence-electron chi connectivity index (χ2n) is 9.09. The Kier molecular flexibility index (Phi) is 7.31. The maximum Gasteiger partial charge on any atom is 0.138 e. The zero-order valence-corrected chi connectivity index (χ0v) is 20.2. The molecule has 180 valence electrons. The third kappa shape index (κ3) is 5.47. The number of rotatable bonds is 11. The molecule has 0 bridgehead atoms. The monoisotopic (exact) mass is 463 g/mol. The first-order chi connectivity index (χ1) is 16.4. The van der Waals surface area contributed by atoms with Crippen LogP contribution in [0.4, 0.5) is 0 Å². The summed E-state index contributed by atoms with van der Waals surface area (Å²) in [5.74, 6) is 0.814. The molecule has 4 N–H and O–H groups in total. The molecule has 8 nitrogen and oxygen atoms in total. The van der Waals surface area contributed by atoms with Gasteiger partial charge in [0.1, 0.15) is 18.0 Å². The average Bonchev–Trinajstić information content (AvgIpc) is 3.45. The lowest BCUT2D eigenvalue weighted by Gasteiger charge is -2.18. The molecule has 0 saturated carbocycles. The van der Waals surface area contributed by atoms with Crippen molar-refractivity contribution in [2.45, 2.75) is 32.8 Å². The average molecular weight is 464 g/mol. The predicted octanol–water partition coefficient (Wildman–Crippen LogP) is 3.86. The Labute approximate surface area is 199 Å². The Morgan fingerprint density at radius 2 is 1.82 bits per heavy atom. The highest BCUT2D eigenvalue weighted by atomic mass is 16.5. The van der Waals surface area contributed by atoms with Crippen LogP contribution in [-0.2, 0) is 11.2 Å². The molecule has 0 aliphatic rings. The number of aromatic amines is 2. The Balaban J connectivity index is 1.64. The fourth-order valence-electron chi connectivity index (χ4n) is 4.19. The summed E-state index contributed by atoms with van der Waals surface area (Å²) in [6.07, 6.45) is 6.02. The van der Waals surface area contributed by atoms with Gasteiger partial charge in [-0.2, -0.15) is 5.10 Å². The van der Waals surface area contributed by atoms with Crippen molar-refractivity contribution in [2.75, 3.05) is 33.4 Å². The van der Waals surface area contributed by atoms with Crippen molar-refractivity contribution in [3.63, 3.8) is 0 Å². The minimum atomic E-state index is -0.874. The van der Waals surface area contributed by atoms with E-state index in [0.717, 1.165) is 63.4 Å². The van der Waals surface area contributed by atoms with Crippen LogP contribution in [0.2, 0.25) is 0 Å². The van der Waals surface area contributed by atoms with E-state index in [9.17, 15) is 5.11 Å². The summed E-state index contributed by atoms with van der Waals surface area (Å²) in [6.45, 7) is 8.58. The van der Waals surface area contributed by atoms with Gasteiger partial charge in [0.05, 0.1) is 24.1 Å². The molecule has 0 saturated heterocycles. The second kappa shape index (κ2) is 10.4. The van der Waals surface area contributed by atoms with Crippen molar-refractivity contribution in [2.24, 2.45) is 0 Å². The van der Waals surface area contributed by atoms with Crippen molar-refractivity contribution in [1.29, 1.82) is 0 Å². The van der Waals surface area contributed by atoms with Crippen LogP contribution in [0, 0.1) is 6.92 Å². The molecule has 3 heterocycles. The minimum Gasteiger partial charge on any atom is -0.492 e. The smallest absolute Gasteiger partial charge is 0.138 e. The molecule has 4 rings (SSSR count). The SMILES string of the molecule is COCCNCCOc1ccc(-c2[nH]c3ncc(-c4cn[nH]c4)c(C)c3c2CC(C)(C)O)cc1. The van der Waals surface area contributed by atoms with E-state index >= 15 is 0 Å². The summed E-state index contributed by atoms with van der Waals surface area (Å²) in [7, 11) is 1.69. The lowest BCUT2D eigenvalue weighted by atomic mass is 9.92. The van der Waals surface area contributed by atoms with E-state index in [2.05, 4.69) is 27.4 Å². The van der Waals surface area contributed by atoms with Crippen LogP contribution in [0.1, 0.15) is 25.0 Å². The van der Waals surface area contributed by atoms with Crippen LogP contribution in [0.3, 0.4) is 0 Å². The summed E-state index contributed by atoms with van der Waals surface area (Å²) in [6, 6.07) is 8.03. The van der Waals surface area contributed by atoms with Gasteiger partial charge < -0.3 is 24.9 Å². The number of pyridine rings is 1.